The van der Waals surface area contributed by atoms with Crippen molar-refractivity contribution in [3.63, 3.8) is 0 Å². The number of nitrogens with zero attached hydrogens (tertiary/aromatic N) is 1. The Balaban J connectivity index is 1.93. The molecule has 3 nitrogen and oxygen atoms in total. The SMILES string of the molecule is COc1ccc(C(=O)C(c2ccc(Cl)cc2)N2CCCCCC2)cc1. The molecule has 1 heterocycles. The van der Waals surface area contributed by atoms with Gasteiger partial charge in [0.2, 0.25) is 0 Å². The van der Waals surface area contributed by atoms with E-state index in [1.165, 1.54) is 12.8 Å². The summed E-state index contributed by atoms with van der Waals surface area (Å²) in [5.41, 5.74) is 1.72. The minimum atomic E-state index is -0.260. The van der Waals surface area contributed by atoms with Crippen LogP contribution in [0.2, 0.25) is 5.02 Å². The number of likely N-dealkylation sites (tertiary alicyclic amines) is 1. The number of rotatable bonds is 5. The fourth-order valence-electron chi connectivity index (χ4n) is 3.44. The van der Waals surface area contributed by atoms with Crippen molar-refractivity contribution in [2.75, 3.05) is 20.2 Å². The highest BCUT2D eigenvalue weighted by molar-refractivity contribution is 6.30. The smallest absolute Gasteiger partial charge is 0.184 e. The minimum Gasteiger partial charge on any atom is -0.497 e. The van der Waals surface area contributed by atoms with Gasteiger partial charge in [0, 0.05) is 10.6 Å². The van der Waals surface area contributed by atoms with E-state index in [4.69, 9.17) is 16.3 Å². The third kappa shape index (κ3) is 4.42. The first kappa shape index (κ1) is 18.0. The molecule has 0 saturated carbocycles. The maximum absolute atomic E-state index is 13.3. The molecular formula is C21H24ClNO2. The average Bonchev–Trinajstić information content (AvgIpc) is 2.93. The largest absolute Gasteiger partial charge is 0.497 e. The van der Waals surface area contributed by atoms with E-state index in [0.717, 1.165) is 37.2 Å². The molecular weight excluding hydrogens is 334 g/mol. The Hall–Kier alpha value is -1.84. The molecule has 0 aliphatic carbocycles. The molecule has 0 bridgehead atoms. The van der Waals surface area contributed by atoms with Crippen LogP contribution in [0.15, 0.2) is 48.5 Å². The second kappa shape index (κ2) is 8.50. The Bertz CT molecular complexity index is 689. The molecule has 2 aromatic rings. The van der Waals surface area contributed by atoms with E-state index < -0.39 is 0 Å². The summed E-state index contributed by atoms with van der Waals surface area (Å²) in [5.74, 6) is 0.890. The zero-order valence-corrected chi connectivity index (χ0v) is 15.3. The fourth-order valence-corrected chi connectivity index (χ4v) is 3.57. The molecule has 1 aliphatic heterocycles. The number of benzene rings is 2. The minimum absolute atomic E-state index is 0.131. The van der Waals surface area contributed by atoms with Gasteiger partial charge in [-0.25, -0.2) is 0 Å². The van der Waals surface area contributed by atoms with Crippen molar-refractivity contribution < 1.29 is 9.53 Å². The van der Waals surface area contributed by atoms with Crippen LogP contribution in [0.5, 0.6) is 5.75 Å². The number of ether oxygens (including phenoxy) is 1. The summed E-state index contributed by atoms with van der Waals surface area (Å²) in [7, 11) is 1.63. The van der Waals surface area contributed by atoms with Crippen molar-refractivity contribution in [1.82, 2.24) is 4.90 Å². The van der Waals surface area contributed by atoms with E-state index in [0.29, 0.717) is 10.6 Å². The van der Waals surface area contributed by atoms with Gasteiger partial charge in [0.05, 0.1) is 13.2 Å². The predicted molar refractivity (Wildman–Crippen MR) is 102 cm³/mol. The van der Waals surface area contributed by atoms with Crippen molar-refractivity contribution >= 4 is 17.4 Å². The molecule has 1 atom stereocenters. The molecule has 0 amide bonds. The van der Waals surface area contributed by atoms with Crippen LogP contribution in [0.1, 0.15) is 47.6 Å². The monoisotopic (exact) mass is 357 g/mol. The van der Waals surface area contributed by atoms with Crippen molar-refractivity contribution in [2.45, 2.75) is 31.7 Å². The lowest BCUT2D eigenvalue weighted by Crippen LogP contribution is -2.35. The first-order valence-corrected chi connectivity index (χ1v) is 9.24. The summed E-state index contributed by atoms with van der Waals surface area (Å²) in [4.78, 5) is 15.6. The Morgan fingerprint density at radius 3 is 2.12 bits per heavy atom. The van der Waals surface area contributed by atoms with Gasteiger partial charge in [0.25, 0.3) is 0 Å². The van der Waals surface area contributed by atoms with Crippen molar-refractivity contribution in [1.29, 1.82) is 0 Å². The molecule has 1 unspecified atom stereocenters. The van der Waals surface area contributed by atoms with Crippen molar-refractivity contribution in [3.05, 3.63) is 64.7 Å². The maximum Gasteiger partial charge on any atom is 0.184 e. The van der Waals surface area contributed by atoms with Crippen LogP contribution in [-0.4, -0.2) is 30.9 Å². The normalized spacial score (nSPS) is 16.9. The topological polar surface area (TPSA) is 29.5 Å². The summed E-state index contributed by atoms with van der Waals surface area (Å²) in [6.07, 6.45) is 4.75. The predicted octanol–water partition coefficient (Wildman–Crippen LogP) is 5.15. The number of carbonyl (C=O) groups is 1. The highest BCUT2D eigenvalue weighted by atomic mass is 35.5. The lowest BCUT2D eigenvalue weighted by atomic mass is 9.95. The highest BCUT2D eigenvalue weighted by Gasteiger charge is 2.29. The molecule has 2 aromatic carbocycles. The first-order valence-electron chi connectivity index (χ1n) is 8.87. The standard InChI is InChI=1S/C21H24ClNO2/c1-25-19-12-8-17(9-13-19)21(24)20(16-6-10-18(22)11-7-16)23-14-4-2-3-5-15-23/h6-13,20H,2-5,14-15H2,1H3. The number of halogens is 1. The lowest BCUT2D eigenvalue weighted by Gasteiger charge is -2.30. The van der Waals surface area contributed by atoms with Crippen LogP contribution in [0.4, 0.5) is 0 Å². The summed E-state index contributed by atoms with van der Waals surface area (Å²) in [6.45, 7) is 1.91. The van der Waals surface area contributed by atoms with Gasteiger partial charge >= 0.3 is 0 Å². The Kier molecular flexibility index (Phi) is 6.11. The van der Waals surface area contributed by atoms with Gasteiger partial charge < -0.3 is 4.74 Å². The molecule has 3 rings (SSSR count). The molecule has 4 heteroatoms. The van der Waals surface area contributed by atoms with Crippen LogP contribution >= 0.6 is 11.6 Å². The molecule has 1 aliphatic rings. The van der Waals surface area contributed by atoms with Gasteiger partial charge in [-0.3, -0.25) is 9.69 Å². The lowest BCUT2D eigenvalue weighted by molar-refractivity contribution is 0.0821. The fraction of sp³-hybridized carbons (Fsp3) is 0.381. The zero-order valence-electron chi connectivity index (χ0n) is 14.6. The second-order valence-electron chi connectivity index (χ2n) is 6.50. The number of methoxy groups -OCH3 is 1. The zero-order chi connectivity index (χ0) is 17.6. The molecule has 1 saturated heterocycles. The van der Waals surface area contributed by atoms with Crippen molar-refractivity contribution in [2.24, 2.45) is 0 Å². The van der Waals surface area contributed by atoms with E-state index in [1.54, 1.807) is 7.11 Å². The summed E-state index contributed by atoms with van der Waals surface area (Å²) < 4.78 is 5.20. The van der Waals surface area contributed by atoms with Crippen molar-refractivity contribution in [3.8, 4) is 5.75 Å². The van der Waals surface area contributed by atoms with E-state index >= 15 is 0 Å². The molecule has 0 radical (unpaired) electrons. The van der Waals surface area contributed by atoms with E-state index in [-0.39, 0.29) is 11.8 Å². The first-order chi connectivity index (χ1) is 12.2. The Morgan fingerprint density at radius 1 is 0.960 bits per heavy atom. The number of carbonyl (C=O) groups excluding carboxylic acids is 1. The molecule has 0 N–H and O–H groups in total. The van der Waals surface area contributed by atoms with Gasteiger partial charge in [0.15, 0.2) is 5.78 Å². The van der Waals surface area contributed by atoms with E-state index in [2.05, 4.69) is 4.90 Å². The molecule has 132 valence electrons. The number of hydrogen-bond acceptors (Lipinski definition) is 3. The molecule has 1 fully saturated rings. The van der Waals surface area contributed by atoms with Crippen LogP contribution in [0, 0.1) is 0 Å². The molecule has 25 heavy (non-hydrogen) atoms. The number of Topliss-reactive ketones (excluding diaryl/α,β-unsaturated/α-hetero) is 1. The van der Waals surface area contributed by atoms with Gasteiger partial charge in [-0.15, -0.1) is 0 Å². The summed E-state index contributed by atoms with van der Waals surface area (Å²) >= 11 is 6.05. The number of ketones is 1. The highest BCUT2D eigenvalue weighted by Crippen LogP contribution is 2.29. The van der Waals surface area contributed by atoms with E-state index in [9.17, 15) is 4.79 Å². The van der Waals surface area contributed by atoms with Crippen LogP contribution < -0.4 is 4.74 Å². The van der Waals surface area contributed by atoms with Gasteiger partial charge in [-0.2, -0.15) is 0 Å². The number of hydrogen-bond donors (Lipinski definition) is 0. The van der Waals surface area contributed by atoms with Gasteiger partial charge in [-0.1, -0.05) is 36.6 Å². The van der Waals surface area contributed by atoms with Gasteiger partial charge in [0.1, 0.15) is 5.75 Å². The maximum atomic E-state index is 13.3. The molecule has 0 spiro atoms. The third-order valence-electron chi connectivity index (χ3n) is 4.81. The average molecular weight is 358 g/mol. The quantitative estimate of drug-likeness (QED) is 0.693. The second-order valence-corrected chi connectivity index (χ2v) is 6.93. The van der Waals surface area contributed by atoms with Gasteiger partial charge in [-0.05, 0) is 67.9 Å². The Labute approximate surface area is 154 Å². The third-order valence-corrected chi connectivity index (χ3v) is 5.07. The van der Waals surface area contributed by atoms with Crippen LogP contribution in [-0.2, 0) is 0 Å². The van der Waals surface area contributed by atoms with Crippen LogP contribution in [0.25, 0.3) is 0 Å². The molecule has 0 aromatic heterocycles. The van der Waals surface area contributed by atoms with E-state index in [1.807, 2.05) is 48.5 Å². The summed E-state index contributed by atoms with van der Waals surface area (Å²) in [6, 6.07) is 14.8. The summed E-state index contributed by atoms with van der Waals surface area (Å²) in [5, 5.41) is 0.690. The Morgan fingerprint density at radius 2 is 1.56 bits per heavy atom. The van der Waals surface area contributed by atoms with Crippen LogP contribution in [0.3, 0.4) is 0 Å².